The summed E-state index contributed by atoms with van der Waals surface area (Å²) < 4.78 is 26.6. The fourth-order valence-corrected chi connectivity index (χ4v) is 3.47. The van der Waals surface area contributed by atoms with Crippen LogP contribution in [0.3, 0.4) is 0 Å². The normalized spacial score (nSPS) is 12.3. The van der Waals surface area contributed by atoms with E-state index in [1.807, 2.05) is 0 Å². The molecule has 23 heavy (non-hydrogen) atoms. The quantitative estimate of drug-likeness (QED) is 0.647. The number of aryl methyl sites for hydroxylation is 1. The number of ketones is 2. The Hall–Kier alpha value is -1.95. The average Bonchev–Trinajstić information content (AvgIpc) is 2.76. The van der Waals surface area contributed by atoms with E-state index in [1.54, 1.807) is 20.8 Å². The number of aromatic nitrogens is 1. The highest BCUT2D eigenvalue weighted by atomic mass is 32.2. The molecule has 0 amide bonds. The molecule has 0 unspecified atom stereocenters. The van der Waals surface area contributed by atoms with Gasteiger partial charge in [-0.2, -0.15) is 0 Å². The summed E-state index contributed by atoms with van der Waals surface area (Å²) in [4.78, 5) is 27.4. The molecule has 0 spiro atoms. The van der Waals surface area contributed by atoms with Crippen LogP contribution < -0.4 is 0 Å². The average molecular weight is 337 g/mol. The van der Waals surface area contributed by atoms with Crippen LogP contribution >= 0.6 is 11.8 Å². The van der Waals surface area contributed by atoms with Gasteiger partial charge in [-0.15, -0.1) is 11.8 Å². The van der Waals surface area contributed by atoms with Crippen LogP contribution in [0.2, 0.25) is 0 Å². The van der Waals surface area contributed by atoms with Gasteiger partial charge in [0.05, 0.1) is 10.9 Å². The van der Waals surface area contributed by atoms with Crippen LogP contribution in [-0.4, -0.2) is 21.8 Å². The predicted molar refractivity (Wildman–Crippen MR) is 86.3 cm³/mol. The number of nitrogens with one attached hydrogen (secondary N) is 1. The number of halogens is 2. The molecular weight excluding hydrogens is 320 g/mol. The summed E-state index contributed by atoms with van der Waals surface area (Å²) >= 11 is 1.02. The molecule has 2 rings (SSSR count). The van der Waals surface area contributed by atoms with Gasteiger partial charge in [-0.25, -0.2) is 8.78 Å². The third-order valence-corrected chi connectivity index (χ3v) is 4.76. The van der Waals surface area contributed by atoms with E-state index >= 15 is 0 Å². The van der Waals surface area contributed by atoms with Crippen molar-refractivity contribution in [3.63, 3.8) is 0 Å². The lowest BCUT2D eigenvalue weighted by Crippen LogP contribution is -2.15. The van der Waals surface area contributed by atoms with Gasteiger partial charge < -0.3 is 4.98 Å². The van der Waals surface area contributed by atoms with Crippen molar-refractivity contribution in [1.29, 1.82) is 0 Å². The second kappa shape index (κ2) is 6.66. The minimum Gasteiger partial charge on any atom is -0.355 e. The van der Waals surface area contributed by atoms with Crippen molar-refractivity contribution in [2.45, 2.75) is 37.8 Å². The van der Waals surface area contributed by atoms with E-state index in [0.717, 1.165) is 23.9 Å². The first-order valence-corrected chi connectivity index (χ1v) is 7.96. The molecule has 0 aliphatic carbocycles. The molecule has 122 valence electrons. The van der Waals surface area contributed by atoms with Crippen molar-refractivity contribution >= 4 is 23.3 Å². The number of H-pyrrole nitrogens is 1. The molecule has 6 heteroatoms. The van der Waals surface area contributed by atoms with Gasteiger partial charge in [0.1, 0.15) is 11.6 Å². The Labute approximate surface area is 137 Å². The van der Waals surface area contributed by atoms with Gasteiger partial charge in [0, 0.05) is 22.2 Å². The van der Waals surface area contributed by atoms with Crippen LogP contribution in [0.25, 0.3) is 0 Å². The van der Waals surface area contributed by atoms with Gasteiger partial charge in [-0.1, -0.05) is 0 Å². The number of hydrogen-bond acceptors (Lipinski definition) is 3. The zero-order valence-electron chi connectivity index (χ0n) is 13.3. The molecular formula is C17H17F2NO2S. The highest BCUT2D eigenvalue weighted by Gasteiger charge is 2.24. The summed E-state index contributed by atoms with van der Waals surface area (Å²) in [7, 11) is 0. The number of carbonyl (C=O) groups excluding carboxylic acids is 2. The summed E-state index contributed by atoms with van der Waals surface area (Å²) in [6.07, 6.45) is 0. The summed E-state index contributed by atoms with van der Waals surface area (Å²) in [5.41, 5.74) is 2.12. The molecule has 1 N–H and O–H groups in total. The number of carbonyl (C=O) groups is 2. The van der Waals surface area contributed by atoms with Gasteiger partial charge in [-0.05, 0) is 45.4 Å². The first-order valence-electron chi connectivity index (χ1n) is 7.08. The monoisotopic (exact) mass is 337 g/mol. The third kappa shape index (κ3) is 3.52. The minimum atomic E-state index is -0.696. The Kier molecular flexibility index (Phi) is 5.04. The maximum absolute atomic E-state index is 13.7. The smallest absolute Gasteiger partial charge is 0.192 e. The molecule has 0 saturated heterocycles. The number of hydrogen-bond donors (Lipinski definition) is 1. The SMILES string of the molecule is CC(=O)c1c(C)[nH]c(C(=O)[C@@H](C)Sc2ccc(F)cc2F)c1C. The van der Waals surface area contributed by atoms with Crippen molar-refractivity contribution < 1.29 is 18.4 Å². The highest BCUT2D eigenvalue weighted by Crippen LogP contribution is 2.30. The van der Waals surface area contributed by atoms with Crippen LogP contribution in [0.1, 0.15) is 46.0 Å². The fraction of sp³-hybridized carbons (Fsp3) is 0.294. The summed E-state index contributed by atoms with van der Waals surface area (Å²) in [6, 6.07) is 3.25. The van der Waals surface area contributed by atoms with Crippen molar-refractivity contribution in [2.75, 3.05) is 0 Å². The lowest BCUT2D eigenvalue weighted by molar-refractivity contribution is 0.0988. The largest absolute Gasteiger partial charge is 0.355 e. The molecule has 1 heterocycles. The first-order chi connectivity index (χ1) is 10.7. The van der Waals surface area contributed by atoms with Crippen molar-refractivity contribution in [3.05, 3.63) is 52.3 Å². The highest BCUT2D eigenvalue weighted by molar-refractivity contribution is 8.00. The maximum atomic E-state index is 13.7. The zero-order valence-corrected chi connectivity index (χ0v) is 14.1. The lowest BCUT2D eigenvalue weighted by atomic mass is 10.0. The van der Waals surface area contributed by atoms with E-state index in [0.29, 0.717) is 22.5 Å². The standard InChI is InChI=1S/C17H17F2NO2S/c1-8-15(10(3)21)9(2)20-16(8)17(22)11(4)23-14-6-5-12(18)7-13(14)19/h5-7,11,20H,1-4H3/t11-/m1/s1. The van der Waals surface area contributed by atoms with E-state index in [4.69, 9.17) is 0 Å². The molecule has 1 atom stereocenters. The molecule has 2 aromatic rings. The summed E-state index contributed by atoms with van der Waals surface area (Å²) in [5, 5.41) is -0.577. The lowest BCUT2D eigenvalue weighted by Gasteiger charge is -2.11. The van der Waals surface area contributed by atoms with Crippen LogP contribution in [-0.2, 0) is 0 Å². The topological polar surface area (TPSA) is 49.9 Å². The summed E-state index contributed by atoms with van der Waals surface area (Å²) in [5.74, 6) is -1.70. The maximum Gasteiger partial charge on any atom is 0.192 e. The number of Topliss-reactive ketones (excluding diaryl/α,β-unsaturated/α-hetero) is 2. The minimum absolute atomic E-state index is 0.111. The molecule has 1 aromatic heterocycles. The van der Waals surface area contributed by atoms with Crippen LogP contribution in [0.4, 0.5) is 8.78 Å². The van der Waals surface area contributed by atoms with E-state index in [-0.39, 0.29) is 16.5 Å². The number of rotatable bonds is 5. The molecule has 0 aliphatic rings. The number of benzene rings is 1. The Morgan fingerprint density at radius 1 is 1.22 bits per heavy atom. The zero-order chi connectivity index (χ0) is 17.3. The Morgan fingerprint density at radius 2 is 1.87 bits per heavy atom. The first kappa shape index (κ1) is 17.4. The van der Waals surface area contributed by atoms with Crippen molar-refractivity contribution in [1.82, 2.24) is 4.98 Å². The van der Waals surface area contributed by atoms with Gasteiger partial charge in [-0.3, -0.25) is 9.59 Å². The van der Waals surface area contributed by atoms with Crippen molar-refractivity contribution in [2.24, 2.45) is 0 Å². The molecule has 0 saturated carbocycles. The molecule has 0 aliphatic heterocycles. The second-order valence-corrected chi connectivity index (χ2v) is 6.76. The third-order valence-electron chi connectivity index (χ3n) is 3.60. The predicted octanol–water partition coefficient (Wildman–Crippen LogP) is 4.48. The Bertz CT molecular complexity index is 783. The molecule has 0 bridgehead atoms. The molecule has 1 aromatic carbocycles. The van der Waals surface area contributed by atoms with E-state index in [1.165, 1.54) is 13.0 Å². The van der Waals surface area contributed by atoms with Gasteiger partial charge >= 0.3 is 0 Å². The molecule has 3 nitrogen and oxygen atoms in total. The Balaban J connectivity index is 2.27. The van der Waals surface area contributed by atoms with E-state index in [2.05, 4.69) is 4.98 Å². The molecule has 0 fully saturated rings. The Morgan fingerprint density at radius 3 is 2.39 bits per heavy atom. The number of aromatic amines is 1. The van der Waals surface area contributed by atoms with Crippen molar-refractivity contribution in [3.8, 4) is 0 Å². The van der Waals surface area contributed by atoms with Crippen LogP contribution in [0.5, 0.6) is 0 Å². The molecule has 0 radical (unpaired) electrons. The van der Waals surface area contributed by atoms with Gasteiger partial charge in [0.15, 0.2) is 11.6 Å². The fourth-order valence-electron chi connectivity index (χ4n) is 2.54. The van der Waals surface area contributed by atoms with Crippen LogP contribution in [0.15, 0.2) is 23.1 Å². The van der Waals surface area contributed by atoms with Gasteiger partial charge in [0.2, 0.25) is 0 Å². The van der Waals surface area contributed by atoms with E-state index in [9.17, 15) is 18.4 Å². The van der Waals surface area contributed by atoms with Crippen LogP contribution in [0, 0.1) is 25.5 Å². The number of thioether (sulfide) groups is 1. The second-order valence-electron chi connectivity index (χ2n) is 5.38. The van der Waals surface area contributed by atoms with E-state index < -0.39 is 16.9 Å². The summed E-state index contributed by atoms with van der Waals surface area (Å²) in [6.45, 7) is 6.55. The van der Waals surface area contributed by atoms with Gasteiger partial charge in [0.25, 0.3) is 0 Å².